The van der Waals surface area contributed by atoms with Crippen LogP contribution in [0.25, 0.3) is 0 Å². The predicted molar refractivity (Wildman–Crippen MR) is 120 cm³/mol. The Labute approximate surface area is 185 Å². The summed E-state index contributed by atoms with van der Waals surface area (Å²) in [5.41, 5.74) is 0.861. The summed E-state index contributed by atoms with van der Waals surface area (Å²) < 4.78 is 31.5. The fourth-order valence-corrected chi connectivity index (χ4v) is 5.27. The van der Waals surface area contributed by atoms with Crippen LogP contribution < -0.4 is 5.32 Å². The highest BCUT2D eigenvalue weighted by Gasteiger charge is 2.65. The second kappa shape index (κ2) is 8.47. The van der Waals surface area contributed by atoms with Crippen LogP contribution in [0.5, 0.6) is 0 Å². The molecule has 0 aromatic carbocycles. The van der Waals surface area contributed by atoms with Crippen molar-refractivity contribution in [1.29, 1.82) is 0 Å². The Kier molecular flexibility index (Phi) is 7.08. The molecule has 2 fully saturated rings. The van der Waals surface area contributed by atoms with Gasteiger partial charge in [0.2, 0.25) is 10.0 Å². The van der Waals surface area contributed by atoms with Crippen molar-refractivity contribution in [2.75, 3.05) is 32.7 Å². The average molecular weight is 525 g/mol. The van der Waals surface area contributed by atoms with Crippen molar-refractivity contribution in [3.8, 4) is 0 Å². The van der Waals surface area contributed by atoms with Gasteiger partial charge in [-0.25, -0.2) is 8.42 Å². The van der Waals surface area contributed by atoms with Crippen molar-refractivity contribution in [2.24, 2.45) is 15.8 Å². The van der Waals surface area contributed by atoms with E-state index in [1.54, 1.807) is 6.07 Å². The Balaban J connectivity index is 0.00000280. The van der Waals surface area contributed by atoms with Crippen LogP contribution in [0, 0.1) is 10.8 Å². The van der Waals surface area contributed by atoms with Crippen molar-refractivity contribution in [3.05, 3.63) is 18.0 Å². The van der Waals surface area contributed by atoms with Crippen LogP contribution in [-0.4, -0.2) is 67.5 Å². The van der Waals surface area contributed by atoms with Crippen molar-refractivity contribution in [1.82, 2.24) is 19.7 Å². The molecular formula is C18H32IN5O3S. The fraction of sp³-hybridized carbons (Fsp3) is 0.778. The van der Waals surface area contributed by atoms with Crippen LogP contribution >= 0.6 is 24.0 Å². The van der Waals surface area contributed by atoms with Gasteiger partial charge in [0.1, 0.15) is 12.0 Å². The minimum Gasteiger partial charge on any atom is -0.364 e. The largest absolute Gasteiger partial charge is 0.364 e. The number of halogens is 1. The van der Waals surface area contributed by atoms with Crippen LogP contribution in [-0.2, 0) is 15.8 Å². The third-order valence-corrected chi connectivity index (χ3v) is 8.17. The summed E-state index contributed by atoms with van der Waals surface area (Å²) in [6.07, 6.45) is 1.39. The predicted octanol–water partition coefficient (Wildman–Crippen LogP) is 2.14. The summed E-state index contributed by atoms with van der Waals surface area (Å²) in [6, 6.07) is 1.95. The molecule has 2 aliphatic rings. The normalized spacial score (nSPS) is 22.6. The lowest BCUT2D eigenvalue weighted by Crippen LogP contribution is -2.54. The van der Waals surface area contributed by atoms with E-state index in [4.69, 9.17) is 4.52 Å². The maximum Gasteiger partial charge on any atom is 0.220 e. The Bertz CT molecular complexity index is 770. The quantitative estimate of drug-likeness (QED) is 0.360. The maximum absolute atomic E-state index is 12.6. The zero-order chi connectivity index (χ0) is 19.9. The van der Waals surface area contributed by atoms with Crippen LogP contribution in [0.1, 0.15) is 40.3 Å². The summed E-state index contributed by atoms with van der Waals surface area (Å²) in [7, 11) is -3.39. The molecule has 0 bridgehead atoms. The molecule has 10 heteroatoms. The summed E-state index contributed by atoms with van der Waals surface area (Å²) in [5.74, 6) is 0.761. The van der Waals surface area contributed by atoms with Gasteiger partial charge in [-0.1, -0.05) is 32.9 Å². The molecule has 28 heavy (non-hydrogen) atoms. The van der Waals surface area contributed by atoms with Crippen molar-refractivity contribution >= 4 is 40.0 Å². The minimum absolute atomic E-state index is 0. The molecule has 1 aliphatic carbocycles. The number of sulfonamides is 1. The Morgan fingerprint density at radius 1 is 1.25 bits per heavy atom. The van der Waals surface area contributed by atoms with Crippen molar-refractivity contribution in [3.63, 3.8) is 0 Å². The standard InChI is InChI=1S/C18H31N5O3S.HI/c1-6-19-16(20-15-17(2,3)18(15,4)5)22-8-10-23(11-9-22)27(24,25)13-14-7-12-26-21-14;/h7,12,15H,6,8-11,13H2,1-5H3,(H,19,20);1H. The van der Waals surface area contributed by atoms with Crippen molar-refractivity contribution in [2.45, 2.75) is 46.4 Å². The van der Waals surface area contributed by atoms with E-state index in [0.29, 0.717) is 44.5 Å². The smallest absolute Gasteiger partial charge is 0.220 e. The van der Waals surface area contributed by atoms with E-state index >= 15 is 0 Å². The first kappa shape index (κ1) is 23.4. The van der Waals surface area contributed by atoms with Crippen LogP contribution in [0.4, 0.5) is 0 Å². The number of nitrogens with one attached hydrogen (secondary N) is 1. The number of aromatic nitrogens is 1. The summed E-state index contributed by atoms with van der Waals surface area (Å²) in [6.45, 7) is 13.9. The molecule has 0 spiro atoms. The Hall–Kier alpha value is -0.880. The Morgan fingerprint density at radius 2 is 1.86 bits per heavy atom. The van der Waals surface area contributed by atoms with Crippen LogP contribution in [0.15, 0.2) is 21.8 Å². The van der Waals surface area contributed by atoms with E-state index < -0.39 is 10.0 Å². The highest BCUT2D eigenvalue weighted by Crippen LogP contribution is 2.62. The summed E-state index contributed by atoms with van der Waals surface area (Å²) in [5, 5.41) is 7.33. The van der Waals surface area contributed by atoms with Gasteiger partial charge in [0.25, 0.3) is 0 Å². The first-order valence-electron chi connectivity index (χ1n) is 9.52. The zero-order valence-electron chi connectivity index (χ0n) is 17.3. The molecule has 1 saturated heterocycles. The molecule has 1 aliphatic heterocycles. The van der Waals surface area contributed by atoms with Gasteiger partial charge in [-0.15, -0.1) is 24.0 Å². The van der Waals surface area contributed by atoms with Gasteiger partial charge in [0, 0.05) is 44.8 Å². The second-order valence-electron chi connectivity index (χ2n) is 8.45. The molecule has 0 unspecified atom stereocenters. The number of nitrogens with zero attached hydrogens (tertiary/aromatic N) is 4. The Morgan fingerprint density at radius 3 is 2.32 bits per heavy atom. The average Bonchev–Trinajstić information content (AvgIpc) is 2.97. The monoisotopic (exact) mass is 525 g/mol. The van der Waals surface area contributed by atoms with Crippen LogP contribution in [0.2, 0.25) is 0 Å². The van der Waals surface area contributed by atoms with Gasteiger partial charge >= 0.3 is 0 Å². The second-order valence-corrected chi connectivity index (χ2v) is 10.4. The fourth-order valence-electron chi connectivity index (χ4n) is 3.84. The van der Waals surface area contributed by atoms with E-state index in [1.807, 2.05) is 6.92 Å². The maximum atomic E-state index is 12.6. The molecule has 2 heterocycles. The lowest BCUT2D eigenvalue weighted by Gasteiger charge is -2.36. The number of aliphatic imine (C=N–C) groups is 1. The van der Waals surface area contributed by atoms with E-state index in [2.05, 4.69) is 48.1 Å². The summed E-state index contributed by atoms with van der Waals surface area (Å²) >= 11 is 0. The van der Waals surface area contributed by atoms with Gasteiger partial charge in [0.15, 0.2) is 5.96 Å². The van der Waals surface area contributed by atoms with Gasteiger partial charge in [-0.2, -0.15) is 4.31 Å². The number of hydrogen-bond donors (Lipinski definition) is 1. The third-order valence-electron chi connectivity index (χ3n) is 6.36. The lowest BCUT2D eigenvalue weighted by molar-refractivity contribution is 0.258. The molecule has 0 radical (unpaired) electrons. The summed E-state index contributed by atoms with van der Waals surface area (Å²) in [4.78, 5) is 6.81. The molecule has 3 rings (SSSR count). The lowest BCUT2D eigenvalue weighted by atomic mass is 10.0. The van der Waals surface area contributed by atoms with Crippen molar-refractivity contribution < 1.29 is 12.9 Å². The third kappa shape index (κ3) is 4.48. The van der Waals surface area contributed by atoms with Gasteiger partial charge in [-0.3, -0.25) is 4.99 Å². The van der Waals surface area contributed by atoms with Gasteiger partial charge < -0.3 is 14.7 Å². The number of piperazine rings is 1. The first-order chi connectivity index (χ1) is 12.6. The molecular weight excluding hydrogens is 493 g/mol. The van der Waals surface area contributed by atoms with E-state index in [-0.39, 0.29) is 40.6 Å². The highest BCUT2D eigenvalue weighted by molar-refractivity contribution is 14.0. The van der Waals surface area contributed by atoms with E-state index in [1.165, 1.54) is 10.6 Å². The number of guanidine groups is 1. The molecule has 160 valence electrons. The molecule has 1 saturated carbocycles. The first-order valence-corrected chi connectivity index (χ1v) is 11.1. The number of rotatable bonds is 5. The molecule has 1 aromatic rings. The molecule has 0 amide bonds. The minimum atomic E-state index is -3.39. The van der Waals surface area contributed by atoms with E-state index in [9.17, 15) is 8.42 Å². The van der Waals surface area contributed by atoms with Gasteiger partial charge in [-0.05, 0) is 17.8 Å². The SMILES string of the molecule is CCN=C(NC1C(C)(C)C1(C)C)N1CCN(S(=O)(=O)Cc2ccon2)CC1.I. The molecule has 1 aromatic heterocycles. The van der Waals surface area contributed by atoms with E-state index in [0.717, 1.165) is 5.96 Å². The number of hydrogen-bond acceptors (Lipinski definition) is 5. The molecule has 0 atom stereocenters. The highest BCUT2D eigenvalue weighted by atomic mass is 127. The molecule has 8 nitrogen and oxygen atoms in total. The zero-order valence-corrected chi connectivity index (χ0v) is 20.5. The topological polar surface area (TPSA) is 91.0 Å². The van der Waals surface area contributed by atoms with Gasteiger partial charge in [0.05, 0.1) is 5.69 Å². The molecule has 1 N–H and O–H groups in total. The van der Waals surface area contributed by atoms with Crippen LogP contribution in [0.3, 0.4) is 0 Å².